The van der Waals surface area contributed by atoms with Gasteiger partial charge in [0.2, 0.25) is 0 Å². The summed E-state index contributed by atoms with van der Waals surface area (Å²) in [6, 6.07) is 0. The van der Waals surface area contributed by atoms with E-state index in [1.807, 2.05) is 6.92 Å². The van der Waals surface area contributed by atoms with E-state index >= 15 is 0 Å². The largest absolute Gasteiger partial charge is 0.385 e. The van der Waals surface area contributed by atoms with Gasteiger partial charge in [0.15, 0.2) is 4.34 Å². The van der Waals surface area contributed by atoms with Crippen molar-refractivity contribution >= 4 is 23.1 Å². The summed E-state index contributed by atoms with van der Waals surface area (Å²) in [5.41, 5.74) is 0. The van der Waals surface area contributed by atoms with E-state index in [1.54, 1.807) is 30.2 Å². The van der Waals surface area contributed by atoms with E-state index in [4.69, 9.17) is 4.74 Å². The summed E-state index contributed by atoms with van der Waals surface area (Å²) >= 11 is 3.41. The molecule has 1 heterocycles. The van der Waals surface area contributed by atoms with Gasteiger partial charge in [0, 0.05) is 26.0 Å². The first-order valence-corrected chi connectivity index (χ1v) is 6.75. The van der Waals surface area contributed by atoms with Gasteiger partial charge in [0.05, 0.1) is 0 Å². The van der Waals surface area contributed by atoms with Gasteiger partial charge in [-0.25, -0.2) is 0 Å². The van der Waals surface area contributed by atoms with E-state index in [1.165, 1.54) is 0 Å². The lowest BCUT2D eigenvalue weighted by atomic mass is 10.4. The van der Waals surface area contributed by atoms with Crippen LogP contribution in [0.2, 0.25) is 0 Å². The number of rotatable bonds is 8. The SMILES string of the molecule is COCCCNCCSc1nnc(C)s1. The maximum Gasteiger partial charge on any atom is 0.174 e. The van der Waals surface area contributed by atoms with Crippen LogP contribution >= 0.6 is 23.1 Å². The van der Waals surface area contributed by atoms with Crippen LogP contribution in [-0.4, -0.2) is 42.8 Å². The first kappa shape index (κ1) is 12.9. The highest BCUT2D eigenvalue weighted by Crippen LogP contribution is 2.20. The van der Waals surface area contributed by atoms with E-state index in [2.05, 4.69) is 15.5 Å². The normalized spacial score (nSPS) is 10.8. The van der Waals surface area contributed by atoms with Gasteiger partial charge in [-0.2, -0.15) is 0 Å². The van der Waals surface area contributed by atoms with Gasteiger partial charge in [-0.05, 0) is 19.9 Å². The van der Waals surface area contributed by atoms with Crippen molar-refractivity contribution < 1.29 is 4.74 Å². The van der Waals surface area contributed by atoms with Crippen molar-refractivity contribution in [2.75, 3.05) is 32.6 Å². The fourth-order valence-corrected chi connectivity index (χ4v) is 2.80. The average Bonchev–Trinajstić information content (AvgIpc) is 2.63. The van der Waals surface area contributed by atoms with Gasteiger partial charge >= 0.3 is 0 Å². The zero-order valence-corrected chi connectivity index (χ0v) is 10.8. The van der Waals surface area contributed by atoms with E-state index in [0.717, 1.165) is 41.2 Å². The molecule has 0 saturated heterocycles. The molecule has 0 aliphatic rings. The van der Waals surface area contributed by atoms with Crippen LogP contribution in [0.3, 0.4) is 0 Å². The fourth-order valence-electron chi connectivity index (χ4n) is 1.01. The van der Waals surface area contributed by atoms with E-state index in [9.17, 15) is 0 Å². The summed E-state index contributed by atoms with van der Waals surface area (Å²) in [7, 11) is 1.73. The highest BCUT2D eigenvalue weighted by molar-refractivity contribution is 8.01. The zero-order valence-electron chi connectivity index (χ0n) is 9.15. The molecule has 86 valence electrons. The maximum atomic E-state index is 4.96. The monoisotopic (exact) mass is 247 g/mol. The number of nitrogens with zero attached hydrogens (tertiary/aromatic N) is 2. The first-order valence-electron chi connectivity index (χ1n) is 4.95. The number of hydrogen-bond acceptors (Lipinski definition) is 6. The van der Waals surface area contributed by atoms with E-state index in [0.29, 0.717) is 0 Å². The van der Waals surface area contributed by atoms with Crippen molar-refractivity contribution in [3.05, 3.63) is 5.01 Å². The molecule has 0 aliphatic carbocycles. The van der Waals surface area contributed by atoms with Crippen molar-refractivity contribution in [2.24, 2.45) is 0 Å². The molecule has 0 radical (unpaired) electrons. The number of aryl methyl sites for hydroxylation is 1. The summed E-state index contributed by atoms with van der Waals surface area (Å²) in [6.07, 6.45) is 1.07. The van der Waals surface area contributed by atoms with Gasteiger partial charge in [-0.15, -0.1) is 10.2 Å². The molecule has 0 amide bonds. The van der Waals surface area contributed by atoms with Crippen LogP contribution in [0, 0.1) is 6.92 Å². The Morgan fingerprint density at radius 3 is 2.93 bits per heavy atom. The summed E-state index contributed by atoms with van der Waals surface area (Å²) in [6.45, 7) is 4.83. The lowest BCUT2D eigenvalue weighted by molar-refractivity contribution is 0.194. The van der Waals surface area contributed by atoms with E-state index in [-0.39, 0.29) is 0 Å². The maximum absolute atomic E-state index is 4.96. The Kier molecular flexibility index (Phi) is 6.91. The van der Waals surface area contributed by atoms with Crippen LogP contribution in [0.1, 0.15) is 11.4 Å². The Morgan fingerprint density at radius 1 is 1.40 bits per heavy atom. The molecule has 0 saturated carbocycles. The number of thioether (sulfide) groups is 1. The van der Waals surface area contributed by atoms with Crippen LogP contribution in [0.25, 0.3) is 0 Å². The van der Waals surface area contributed by atoms with Crippen LogP contribution in [0.5, 0.6) is 0 Å². The second-order valence-corrected chi connectivity index (χ2v) is 5.56. The third-order valence-electron chi connectivity index (χ3n) is 1.71. The average molecular weight is 247 g/mol. The highest BCUT2D eigenvalue weighted by atomic mass is 32.2. The van der Waals surface area contributed by atoms with Gasteiger partial charge in [-0.1, -0.05) is 23.1 Å². The number of nitrogens with one attached hydrogen (secondary N) is 1. The molecule has 0 bridgehead atoms. The van der Waals surface area contributed by atoms with Crippen molar-refractivity contribution in [3.63, 3.8) is 0 Å². The molecule has 1 N–H and O–H groups in total. The minimum Gasteiger partial charge on any atom is -0.385 e. The molecular formula is C9H17N3OS2. The first-order chi connectivity index (χ1) is 7.33. The summed E-state index contributed by atoms with van der Waals surface area (Å²) in [4.78, 5) is 0. The molecule has 1 aromatic heterocycles. The Morgan fingerprint density at radius 2 is 2.27 bits per heavy atom. The number of ether oxygens (including phenoxy) is 1. The Balaban J connectivity index is 1.93. The quantitative estimate of drug-likeness (QED) is 0.558. The molecular weight excluding hydrogens is 230 g/mol. The van der Waals surface area contributed by atoms with Crippen LogP contribution < -0.4 is 5.32 Å². The van der Waals surface area contributed by atoms with Gasteiger partial charge < -0.3 is 10.1 Å². The van der Waals surface area contributed by atoms with Crippen LogP contribution in [-0.2, 0) is 4.74 Å². The molecule has 0 atom stereocenters. The highest BCUT2D eigenvalue weighted by Gasteiger charge is 1.99. The van der Waals surface area contributed by atoms with Crippen LogP contribution in [0.4, 0.5) is 0 Å². The van der Waals surface area contributed by atoms with Crippen molar-refractivity contribution in [2.45, 2.75) is 17.7 Å². The molecule has 4 nitrogen and oxygen atoms in total. The van der Waals surface area contributed by atoms with E-state index < -0.39 is 0 Å². The topological polar surface area (TPSA) is 47.0 Å². The third-order valence-corrected chi connectivity index (χ3v) is 3.69. The Bertz CT molecular complexity index is 268. The number of hydrogen-bond donors (Lipinski definition) is 1. The molecule has 6 heteroatoms. The molecule has 0 fully saturated rings. The molecule has 1 aromatic rings. The molecule has 0 aliphatic heterocycles. The molecule has 15 heavy (non-hydrogen) atoms. The fraction of sp³-hybridized carbons (Fsp3) is 0.778. The summed E-state index contributed by atoms with van der Waals surface area (Å²) in [5.74, 6) is 1.04. The predicted octanol–water partition coefficient (Wildman–Crippen LogP) is 1.56. The molecule has 0 spiro atoms. The lowest BCUT2D eigenvalue weighted by Crippen LogP contribution is -2.19. The predicted molar refractivity (Wildman–Crippen MR) is 64.7 cm³/mol. The van der Waals surface area contributed by atoms with Crippen molar-refractivity contribution in [1.82, 2.24) is 15.5 Å². The van der Waals surface area contributed by atoms with Crippen molar-refractivity contribution in [3.8, 4) is 0 Å². The molecule has 0 aromatic carbocycles. The second kappa shape index (κ2) is 8.04. The zero-order chi connectivity index (χ0) is 10.9. The smallest absolute Gasteiger partial charge is 0.174 e. The minimum atomic E-state index is 0.829. The van der Waals surface area contributed by atoms with Crippen LogP contribution in [0.15, 0.2) is 4.34 Å². The van der Waals surface area contributed by atoms with Crippen molar-refractivity contribution in [1.29, 1.82) is 0 Å². The number of aromatic nitrogens is 2. The standard InChI is InChI=1S/C9H17N3OS2/c1-8-11-12-9(15-8)14-7-5-10-4-3-6-13-2/h10H,3-7H2,1-2H3. The lowest BCUT2D eigenvalue weighted by Gasteiger charge is -2.02. The number of methoxy groups -OCH3 is 1. The van der Waals surface area contributed by atoms with Gasteiger partial charge in [0.25, 0.3) is 0 Å². The van der Waals surface area contributed by atoms with Gasteiger partial charge in [-0.3, -0.25) is 0 Å². The molecule has 0 unspecified atom stereocenters. The summed E-state index contributed by atoms with van der Waals surface area (Å²) < 4.78 is 6.02. The Labute approximate surface area is 98.8 Å². The minimum absolute atomic E-state index is 0.829. The second-order valence-electron chi connectivity index (χ2n) is 3.03. The summed E-state index contributed by atoms with van der Waals surface area (Å²) in [5, 5.41) is 12.4. The third kappa shape index (κ3) is 6.09. The van der Waals surface area contributed by atoms with Gasteiger partial charge in [0.1, 0.15) is 5.01 Å². The molecule has 1 rings (SSSR count). The Hall–Kier alpha value is -0.170.